The number of aromatic nitrogens is 5. The lowest BCUT2D eigenvalue weighted by atomic mass is 10.2. The molecule has 0 aliphatic rings. The monoisotopic (exact) mass is 473 g/mol. The first-order valence-electron chi connectivity index (χ1n) is 8.37. The fourth-order valence-electron chi connectivity index (χ4n) is 2.39. The van der Waals surface area contributed by atoms with Crippen LogP contribution in [0.5, 0.6) is 0 Å². The van der Waals surface area contributed by atoms with Gasteiger partial charge in [-0.3, -0.25) is 4.79 Å². The zero-order chi connectivity index (χ0) is 22.8. The molecule has 1 amide bonds. The molecule has 0 bridgehead atoms. The summed E-state index contributed by atoms with van der Waals surface area (Å²) in [6.07, 6.45) is 1.10. The maximum absolute atomic E-state index is 12.8. The number of benzene rings is 1. The van der Waals surface area contributed by atoms with Crippen molar-refractivity contribution in [3.05, 3.63) is 53.1 Å². The highest BCUT2D eigenvalue weighted by Gasteiger charge is 2.29. The maximum atomic E-state index is 12.8. The number of nitrogens with zero attached hydrogens (tertiary/aromatic N) is 5. The Hall–Kier alpha value is -3.23. The fourth-order valence-corrected chi connectivity index (χ4v) is 3.48. The molecule has 0 saturated heterocycles. The molecule has 31 heavy (non-hydrogen) atoms. The van der Waals surface area contributed by atoms with E-state index < -0.39 is 32.6 Å². The molecule has 0 spiro atoms. The molecule has 0 aliphatic heterocycles. The summed E-state index contributed by atoms with van der Waals surface area (Å²) in [5, 5.41) is 19.1. The number of rotatable bonds is 7. The smallest absolute Gasteiger partial charge is 0.341 e. The molecule has 1 unspecified atom stereocenters. The Bertz CT molecular complexity index is 1210. The van der Waals surface area contributed by atoms with Gasteiger partial charge < -0.3 is 15.7 Å². The van der Waals surface area contributed by atoms with Gasteiger partial charge in [0.05, 0.1) is 4.90 Å². The number of aliphatic hydroxyl groups is 1. The Morgan fingerprint density at radius 2 is 1.90 bits per heavy atom. The lowest BCUT2D eigenvalue weighted by Crippen LogP contribution is -2.30. The number of aliphatic hydroxyl groups excluding tert-OH is 1. The van der Waals surface area contributed by atoms with Gasteiger partial charge in [0.2, 0.25) is 15.8 Å². The van der Waals surface area contributed by atoms with Gasteiger partial charge in [0.25, 0.3) is 11.9 Å². The van der Waals surface area contributed by atoms with Gasteiger partial charge in [-0.15, -0.1) is 5.10 Å². The van der Waals surface area contributed by atoms with Crippen LogP contribution in [0.2, 0.25) is 5.02 Å². The van der Waals surface area contributed by atoms with Crippen LogP contribution in [0.25, 0.3) is 5.95 Å². The van der Waals surface area contributed by atoms with E-state index in [9.17, 15) is 27.1 Å². The minimum Gasteiger partial charge on any atom is -0.367 e. The van der Waals surface area contributed by atoms with Crippen molar-refractivity contribution in [1.82, 2.24) is 30.0 Å². The molecule has 3 N–H and O–H groups in total. The van der Waals surface area contributed by atoms with Crippen LogP contribution in [-0.2, 0) is 9.84 Å². The standard InChI is InChI=1S/C16H14ClF2N7O4S/c1-20-15-23-11(26(25-15)16-21-3-2-4-22-16)13(28)24-12(27)8-5-9(17)7-10(6-8)31(29,30)14(18)19/h2-7,13-14,28H,1H3,(H,20,25)(H,24,27). The number of anilines is 1. The number of carbonyl (C=O) groups is 1. The lowest BCUT2D eigenvalue weighted by Gasteiger charge is -2.13. The summed E-state index contributed by atoms with van der Waals surface area (Å²) in [5.41, 5.74) is -0.373. The van der Waals surface area contributed by atoms with Gasteiger partial charge in [-0.1, -0.05) is 11.6 Å². The Balaban J connectivity index is 1.92. The third kappa shape index (κ3) is 4.76. The minimum atomic E-state index is -4.99. The highest BCUT2D eigenvalue weighted by atomic mass is 35.5. The minimum absolute atomic E-state index is 0.0490. The zero-order valence-corrected chi connectivity index (χ0v) is 17.1. The van der Waals surface area contributed by atoms with Gasteiger partial charge in [0, 0.05) is 30.0 Å². The third-order valence-corrected chi connectivity index (χ3v) is 5.39. The molecule has 2 aromatic heterocycles. The van der Waals surface area contributed by atoms with Crippen LogP contribution in [0.15, 0.2) is 41.6 Å². The molecular weight excluding hydrogens is 460 g/mol. The molecular formula is C16H14ClF2N7O4S. The Labute approximate surface area is 179 Å². The molecule has 0 saturated carbocycles. The first kappa shape index (κ1) is 22.5. The molecule has 11 nitrogen and oxygen atoms in total. The van der Waals surface area contributed by atoms with Gasteiger partial charge in [0.15, 0.2) is 12.1 Å². The van der Waals surface area contributed by atoms with E-state index in [-0.39, 0.29) is 28.3 Å². The predicted molar refractivity (Wildman–Crippen MR) is 104 cm³/mol. The molecule has 0 fully saturated rings. The maximum Gasteiger partial charge on any atom is 0.341 e. The van der Waals surface area contributed by atoms with E-state index in [4.69, 9.17) is 11.6 Å². The third-order valence-electron chi connectivity index (χ3n) is 3.81. The van der Waals surface area contributed by atoms with Crippen LogP contribution in [0.3, 0.4) is 0 Å². The van der Waals surface area contributed by atoms with Crippen LogP contribution in [-0.4, -0.2) is 57.0 Å². The number of hydrogen-bond donors (Lipinski definition) is 3. The molecule has 15 heteroatoms. The molecule has 3 aromatic rings. The van der Waals surface area contributed by atoms with E-state index in [1.165, 1.54) is 19.4 Å². The van der Waals surface area contributed by atoms with Gasteiger partial charge in [-0.05, 0) is 24.3 Å². The Kier molecular flexibility index (Phi) is 6.42. The van der Waals surface area contributed by atoms with Gasteiger partial charge in [0.1, 0.15) is 0 Å². The van der Waals surface area contributed by atoms with Crippen molar-refractivity contribution in [2.75, 3.05) is 12.4 Å². The fraction of sp³-hybridized carbons (Fsp3) is 0.188. The van der Waals surface area contributed by atoms with Crippen molar-refractivity contribution in [1.29, 1.82) is 0 Å². The Morgan fingerprint density at radius 1 is 1.23 bits per heavy atom. The number of nitrogens with one attached hydrogen (secondary N) is 2. The molecule has 0 aliphatic carbocycles. The lowest BCUT2D eigenvalue weighted by molar-refractivity contribution is 0.0757. The summed E-state index contributed by atoms with van der Waals surface area (Å²) in [4.78, 5) is 23.7. The van der Waals surface area contributed by atoms with Crippen LogP contribution in [0.4, 0.5) is 14.7 Å². The van der Waals surface area contributed by atoms with Crippen molar-refractivity contribution >= 4 is 33.3 Å². The van der Waals surface area contributed by atoms with Crippen LogP contribution in [0, 0.1) is 0 Å². The van der Waals surface area contributed by atoms with E-state index in [2.05, 4.69) is 30.7 Å². The normalized spacial score (nSPS) is 12.6. The van der Waals surface area contributed by atoms with Crippen LogP contribution >= 0.6 is 11.6 Å². The molecule has 1 aromatic carbocycles. The molecule has 164 valence electrons. The second-order valence-electron chi connectivity index (χ2n) is 5.86. The summed E-state index contributed by atoms with van der Waals surface area (Å²) in [5.74, 6) is -4.74. The number of sulfone groups is 1. The predicted octanol–water partition coefficient (Wildman–Crippen LogP) is 1.17. The topological polar surface area (TPSA) is 152 Å². The summed E-state index contributed by atoms with van der Waals surface area (Å²) < 4.78 is 50.1. The second-order valence-corrected chi connectivity index (χ2v) is 8.22. The molecule has 3 rings (SSSR count). The average Bonchev–Trinajstić information content (AvgIpc) is 3.18. The highest BCUT2D eigenvalue weighted by molar-refractivity contribution is 7.91. The first-order chi connectivity index (χ1) is 14.6. The first-order valence-corrected chi connectivity index (χ1v) is 10.3. The van der Waals surface area contributed by atoms with Crippen molar-refractivity contribution in [3.63, 3.8) is 0 Å². The molecule has 2 heterocycles. The molecule has 0 radical (unpaired) electrons. The van der Waals surface area contributed by atoms with Gasteiger partial charge in [-0.2, -0.15) is 18.4 Å². The number of amides is 1. The van der Waals surface area contributed by atoms with Gasteiger partial charge in [-0.25, -0.2) is 18.4 Å². The van der Waals surface area contributed by atoms with E-state index in [0.29, 0.717) is 0 Å². The van der Waals surface area contributed by atoms with Crippen molar-refractivity contribution < 1.29 is 27.1 Å². The van der Waals surface area contributed by atoms with Crippen LogP contribution in [0.1, 0.15) is 22.4 Å². The number of alkyl halides is 2. The van der Waals surface area contributed by atoms with Crippen molar-refractivity contribution in [3.8, 4) is 5.95 Å². The van der Waals surface area contributed by atoms with E-state index in [0.717, 1.165) is 22.9 Å². The van der Waals surface area contributed by atoms with E-state index in [1.807, 2.05) is 0 Å². The number of hydrogen-bond acceptors (Lipinski definition) is 9. The van der Waals surface area contributed by atoms with Gasteiger partial charge >= 0.3 is 5.76 Å². The van der Waals surface area contributed by atoms with E-state index >= 15 is 0 Å². The number of halogens is 3. The largest absolute Gasteiger partial charge is 0.367 e. The Morgan fingerprint density at radius 3 is 2.52 bits per heavy atom. The van der Waals surface area contributed by atoms with E-state index in [1.54, 1.807) is 6.07 Å². The summed E-state index contributed by atoms with van der Waals surface area (Å²) in [6, 6.07) is 4.12. The number of carbonyl (C=O) groups excluding carboxylic acids is 1. The molecule has 1 atom stereocenters. The zero-order valence-electron chi connectivity index (χ0n) is 15.6. The average molecular weight is 474 g/mol. The summed E-state index contributed by atoms with van der Waals surface area (Å²) in [6.45, 7) is 0. The second kappa shape index (κ2) is 8.87. The summed E-state index contributed by atoms with van der Waals surface area (Å²) >= 11 is 5.78. The van der Waals surface area contributed by atoms with Crippen molar-refractivity contribution in [2.45, 2.75) is 16.9 Å². The quantitative estimate of drug-likeness (QED) is 0.429. The summed E-state index contributed by atoms with van der Waals surface area (Å²) in [7, 11) is -3.47. The SMILES string of the molecule is CNc1nc(C(O)NC(=O)c2cc(Cl)cc(S(=O)(=O)C(F)F)c2)n(-c2ncccn2)n1. The van der Waals surface area contributed by atoms with Crippen molar-refractivity contribution in [2.24, 2.45) is 0 Å². The highest BCUT2D eigenvalue weighted by Crippen LogP contribution is 2.24. The van der Waals surface area contributed by atoms with Crippen LogP contribution < -0.4 is 10.6 Å².